The lowest BCUT2D eigenvalue weighted by Crippen LogP contribution is -2.16. The standard InChI is InChI=1S/C14H16F2N4O/c1-7-9(10-4-8(10)2-3-13(15)16)5-12(20-19-7)11(6-17)14(18)21/h2-3,5-6,8,10,13H,4,17H2,1H3,(H2,18,21)/b3-2+,11-6-/t8-,10?/m0/s1. The molecular formula is C14H16F2N4O. The summed E-state index contributed by atoms with van der Waals surface area (Å²) in [4.78, 5) is 11.3. The van der Waals surface area contributed by atoms with Crippen molar-refractivity contribution in [2.75, 3.05) is 0 Å². The number of carbonyl (C=O) groups excluding carboxylic acids is 1. The Morgan fingerprint density at radius 2 is 2.19 bits per heavy atom. The van der Waals surface area contributed by atoms with Crippen molar-refractivity contribution >= 4 is 11.5 Å². The Labute approximate surface area is 120 Å². The average Bonchev–Trinajstić information content (AvgIpc) is 3.18. The van der Waals surface area contributed by atoms with E-state index in [-0.39, 0.29) is 17.4 Å². The highest BCUT2D eigenvalue weighted by Gasteiger charge is 2.38. The van der Waals surface area contributed by atoms with Crippen LogP contribution in [-0.4, -0.2) is 22.5 Å². The van der Waals surface area contributed by atoms with Gasteiger partial charge in [-0.15, -0.1) is 5.10 Å². The Morgan fingerprint density at radius 1 is 1.48 bits per heavy atom. The molecule has 7 heteroatoms. The molecule has 5 nitrogen and oxygen atoms in total. The van der Waals surface area contributed by atoms with E-state index in [9.17, 15) is 13.6 Å². The first-order valence-corrected chi connectivity index (χ1v) is 6.46. The molecule has 0 spiro atoms. The number of nitrogens with two attached hydrogens (primary N) is 2. The van der Waals surface area contributed by atoms with Gasteiger partial charge in [0.15, 0.2) is 0 Å². The molecule has 0 aromatic carbocycles. The summed E-state index contributed by atoms with van der Waals surface area (Å²) in [5.74, 6) is -0.513. The van der Waals surface area contributed by atoms with Gasteiger partial charge in [0.05, 0.1) is 11.3 Å². The Kier molecular flexibility index (Phi) is 4.30. The summed E-state index contributed by atoms with van der Waals surface area (Å²) in [6.45, 7) is 1.79. The maximum Gasteiger partial charge on any atom is 0.257 e. The Morgan fingerprint density at radius 3 is 2.76 bits per heavy atom. The number of amides is 1. The van der Waals surface area contributed by atoms with Gasteiger partial charge in [-0.3, -0.25) is 4.79 Å². The van der Waals surface area contributed by atoms with Gasteiger partial charge in [-0.25, -0.2) is 8.78 Å². The molecule has 0 aliphatic heterocycles. The topological polar surface area (TPSA) is 94.9 Å². The van der Waals surface area contributed by atoms with Crippen LogP contribution in [0.1, 0.15) is 29.3 Å². The molecule has 4 N–H and O–H groups in total. The molecule has 0 radical (unpaired) electrons. The second-order valence-electron chi connectivity index (χ2n) is 4.94. The van der Waals surface area contributed by atoms with Gasteiger partial charge in [0.2, 0.25) is 0 Å². The largest absolute Gasteiger partial charge is 0.404 e. The van der Waals surface area contributed by atoms with Gasteiger partial charge in [0.1, 0.15) is 5.69 Å². The molecule has 112 valence electrons. The first-order chi connectivity index (χ1) is 9.93. The van der Waals surface area contributed by atoms with Crippen LogP contribution in [0, 0.1) is 12.8 Å². The summed E-state index contributed by atoms with van der Waals surface area (Å²) in [5, 5.41) is 7.90. The summed E-state index contributed by atoms with van der Waals surface area (Å²) >= 11 is 0. The minimum atomic E-state index is -2.44. The lowest BCUT2D eigenvalue weighted by atomic mass is 10.0. The number of alkyl halides is 2. The van der Waals surface area contributed by atoms with Crippen molar-refractivity contribution in [1.82, 2.24) is 10.2 Å². The highest BCUT2D eigenvalue weighted by molar-refractivity contribution is 6.17. The highest BCUT2D eigenvalue weighted by Crippen LogP contribution is 2.49. The fourth-order valence-electron chi connectivity index (χ4n) is 2.28. The summed E-state index contributed by atoms with van der Waals surface area (Å²) in [6, 6.07) is 1.70. The van der Waals surface area contributed by atoms with Crippen LogP contribution in [0.3, 0.4) is 0 Å². The maximum atomic E-state index is 12.2. The zero-order valence-electron chi connectivity index (χ0n) is 11.5. The highest BCUT2D eigenvalue weighted by atomic mass is 19.3. The third-order valence-electron chi connectivity index (χ3n) is 3.47. The van der Waals surface area contributed by atoms with E-state index in [1.165, 1.54) is 6.08 Å². The van der Waals surface area contributed by atoms with Gasteiger partial charge in [0, 0.05) is 6.20 Å². The van der Waals surface area contributed by atoms with E-state index in [1.54, 1.807) is 13.0 Å². The predicted molar refractivity (Wildman–Crippen MR) is 74.1 cm³/mol. The smallest absolute Gasteiger partial charge is 0.257 e. The number of halogens is 2. The zero-order chi connectivity index (χ0) is 15.6. The third kappa shape index (κ3) is 3.42. The number of aryl methyl sites for hydroxylation is 1. The molecule has 1 saturated carbocycles. The van der Waals surface area contributed by atoms with Crippen LogP contribution in [0.25, 0.3) is 5.57 Å². The normalized spacial score (nSPS) is 22.0. The summed E-state index contributed by atoms with van der Waals surface area (Å²) in [5.41, 5.74) is 12.6. The van der Waals surface area contributed by atoms with Crippen LogP contribution in [0.15, 0.2) is 24.4 Å². The number of primary amides is 1. The minimum absolute atomic E-state index is 0.0636. The number of aromatic nitrogens is 2. The molecule has 1 amide bonds. The summed E-state index contributed by atoms with van der Waals surface area (Å²) in [7, 11) is 0. The van der Waals surface area contributed by atoms with Gasteiger partial charge in [-0.1, -0.05) is 6.08 Å². The van der Waals surface area contributed by atoms with Crippen molar-refractivity contribution in [3.05, 3.63) is 41.4 Å². The molecule has 1 aliphatic rings. The Balaban J connectivity index is 2.24. The number of nitrogens with zero attached hydrogens (tertiary/aromatic N) is 2. The van der Waals surface area contributed by atoms with Crippen LogP contribution in [-0.2, 0) is 4.79 Å². The minimum Gasteiger partial charge on any atom is -0.404 e. The average molecular weight is 294 g/mol. The molecule has 0 bridgehead atoms. The van der Waals surface area contributed by atoms with Crippen molar-refractivity contribution in [3.63, 3.8) is 0 Å². The molecule has 1 heterocycles. The lowest BCUT2D eigenvalue weighted by Gasteiger charge is -2.07. The van der Waals surface area contributed by atoms with Crippen molar-refractivity contribution in [2.24, 2.45) is 17.4 Å². The molecule has 1 aliphatic carbocycles. The van der Waals surface area contributed by atoms with E-state index >= 15 is 0 Å². The number of allylic oxidation sites excluding steroid dienone is 2. The number of hydrogen-bond donors (Lipinski definition) is 2. The molecule has 2 atom stereocenters. The Bertz CT molecular complexity index is 613. The summed E-state index contributed by atoms with van der Waals surface area (Å²) in [6.07, 6.45) is 1.83. The first-order valence-electron chi connectivity index (χ1n) is 6.46. The molecule has 0 saturated heterocycles. The van der Waals surface area contributed by atoms with Crippen LogP contribution in [0.4, 0.5) is 8.78 Å². The van der Waals surface area contributed by atoms with Crippen LogP contribution >= 0.6 is 0 Å². The third-order valence-corrected chi connectivity index (χ3v) is 3.47. The number of hydrogen-bond acceptors (Lipinski definition) is 4. The fraction of sp³-hybridized carbons (Fsp3) is 0.357. The van der Waals surface area contributed by atoms with Crippen LogP contribution < -0.4 is 11.5 Å². The van der Waals surface area contributed by atoms with E-state index in [0.29, 0.717) is 11.4 Å². The molecule has 1 aromatic rings. The number of carbonyl (C=O) groups is 1. The van der Waals surface area contributed by atoms with Gasteiger partial charge in [0.25, 0.3) is 12.3 Å². The van der Waals surface area contributed by atoms with E-state index in [4.69, 9.17) is 11.5 Å². The van der Waals surface area contributed by atoms with Crippen molar-refractivity contribution in [3.8, 4) is 0 Å². The second kappa shape index (κ2) is 5.99. The zero-order valence-corrected chi connectivity index (χ0v) is 11.5. The van der Waals surface area contributed by atoms with Crippen molar-refractivity contribution in [2.45, 2.75) is 25.7 Å². The molecule has 21 heavy (non-hydrogen) atoms. The van der Waals surface area contributed by atoms with E-state index < -0.39 is 12.3 Å². The monoisotopic (exact) mass is 294 g/mol. The SMILES string of the molecule is Cc1nnc(/C(=C/N)C(N)=O)cc1C1C[C@@H]1/C=C/C(F)F. The van der Waals surface area contributed by atoms with E-state index in [2.05, 4.69) is 10.2 Å². The van der Waals surface area contributed by atoms with Crippen molar-refractivity contribution in [1.29, 1.82) is 0 Å². The molecule has 1 unspecified atom stereocenters. The number of rotatable bonds is 5. The lowest BCUT2D eigenvalue weighted by molar-refractivity contribution is -0.112. The second-order valence-corrected chi connectivity index (χ2v) is 4.94. The molecule has 1 aromatic heterocycles. The van der Waals surface area contributed by atoms with Crippen LogP contribution in [0.2, 0.25) is 0 Å². The first kappa shape index (κ1) is 15.1. The molecule has 2 rings (SSSR count). The fourth-order valence-corrected chi connectivity index (χ4v) is 2.28. The summed E-state index contributed by atoms with van der Waals surface area (Å²) < 4.78 is 24.3. The maximum absolute atomic E-state index is 12.2. The van der Waals surface area contributed by atoms with Gasteiger partial charge in [-0.2, -0.15) is 5.10 Å². The predicted octanol–water partition coefficient (Wildman–Crippen LogP) is 1.49. The van der Waals surface area contributed by atoms with E-state index in [1.807, 2.05) is 0 Å². The molecule has 1 fully saturated rings. The Hall–Kier alpha value is -2.31. The molecular weight excluding hydrogens is 278 g/mol. The van der Waals surface area contributed by atoms with Gasteiger partial charge >= 0.3 is 0 Å². The van der Waals surface area contributed by atoms with Gasteiger partial charge < -0.3 is 11.5 Å². The van der Waals surface area contributed by atoms with Crippen molar-refractivity contribution < 1.29 is 13.6 Å². The van der Waals surface area contributed by atoms with Gasteiger partial charge in [-0.05, 0) is 42.9 Å². The van der Waals surface area contributed by atoms with E-state index in [0.717, 1.165) is 24.3 Å². The van der Waals surface area contributed by atoms with Crippen LogP contribution in [0.5, 0.6) is 0 Å². The quantitative estimate of drug-likeness (QED) is 0.635.